The maximum atomic E-state index is 12.7. The third-order valence-electron chi connectivity index (χ3n) is 3.43. The van der Waals surface area contributed by atoms with Crippen molar-refractivity contribution >= 4 is 11.3 Å². The van der Waals surface area contributed by atoms with Gasteiger partial charge in [0.15, 0.2) is 0 Å². The Balaban J connectivity index is 2.37. The number of thiophene rings is 1. The summed E-state index contributed by atoms with van der Waals surface area (Å²) in [5.41, 5.74) is 1.81. The van der Waals surface area contributed by atoms with Crippen molar-refractivity contribution in [2.75, 3.05) is 0 Å². The molecule has 0 unspecified atom stereocenters. The molecule has 3 nitrogen and oxygen atoms in total. The van der Waals surface area contributed by atoms with Gasteiger partial charge in [0.1, 0.15) is 5.75 Å². The van der Waals surface area contributed by atoms with E-state index in [2.05, 4.69) is 0 Å². The summed E-state index contributed by atoms with van der Waals surface area (Å²) < 4.78 is 1.67. The van der Waals surface area contributed by atoms with E-state index in [4.69, 9.17) is 0 Å². The van der Waals surface area contributed by atoms with Crippen LogP contribution in [0.4, 0.5) is 0 Å². The number of hydrogen-bond donors (Lipinski definition) is 1. The summed E-state index contributed by atoms with van der Waals surface area (Å²) in [5.74, 6) is 0.0677. The Bertz CT molecular complexity index is 805. The highest BCUT2D eigenvalue weighted by Gasteiger charge is 2.16. The Labute approximate surface area is 126 Å². The van der Waals surface area contributed by atoms with Crippen LogP contribution in [-0.4, -0.2) is 9.67 Å². The molecule has 0 saturated carbocycles. The minimum atomic E-state index is -0.160. The van der Waals surface area contributed by atoms with Crippen molar-refractivity contribution < 1.29 is 5.11 Å². The molecule has 0 bridgehead atoms. The van der Waals surface area contributed by atoms with Gasteiger partial charge >= 0.3 is 0 Å². The van der Waals surface area contributed by atoms with E-state index in [0.29, 0.717) is 12.0 Å². The van der Waals surface area contributed by atoms with Crippen molar-refractivity contribution in [3.05, 3.63) is 69.8 Å². The van der Waals surface area contributed by atoms with Crippen molar-refractivity contribution in [1.29, 1.82) is 0 Å². The number of para-hydroxylation sites is 1. The van der Waals surface area contributed by atoms with Gasteiger partial charge in [0.25, 0.3) is 5.56 Å². The monoisotopic (exact) mass is 297 g/mol. The van der Waals surface area contributed by atoms with E-state index in [9.17, 15) is 9.90 Å². The van der Waals surface area contributed by atoms with Crippen molar-refractivity contribution in [1.82, 2.24) is 4.57 Å². The van der Waals surface area contributed by atoms with E-state index in [1.54, 1.807) is 22.0 Å². The van der Waals surface area contributed by atoms with Crippen molar-refractivity contribution in [3.8, 4) is 22.0 Å². The molecule has 0 atom stereocenters. The first-order valence-corrected chi connectivity index (χ1v) is 7.67. The molecular weight excluding hydrogens is 282 g/mol. The smallest absolute Gasteiger partial charge is 0.262 e. The molecule has 2 aromatic heterocycles. The second kappa shape index (κ2) is 5.58. The normalized spacial score (nSPS) is 10.7. The first kappa shape index (κ1) is 13.6. The highest BCUT2D eigenvalue weighted by molar-refractivity contribution is 7.13. The average Bonchev–Trinajstić information content (AvgIpc) is 3.02. The van der Waals surface area contributed by atoms with Gasteiger partial charge in [-0.25, -0.2) is 0 Å². The Morgan fingerprint density at radius 1 is 1.14 bits per heavy atom. The topological polar surface area (TPSA) is 42.2 Å². The van der Waals surface area contributed by atoms with E-state index in [0.717, 1.165) is 16.3 Å². The maximum absolute atomic E-state index is 12.7. The molecule has 2 heterocycles. The zero-order valence-electron chi connectivity index (χ0n) is 11.6. The summed E-state index contributed by atoms with van der Waals surface area (Å²) in [6.45, 7) is 1.87. The molecule has 0 aliphatic rings. The fraction of sp³-hybridized carbons (Fsp3) is 0.118. The lowest BCUT2D eigenvalue weighted by Gasteiger charge is -2.14. The summed E-state index contributed by atoms with van der Waals surface area (Å²) in [7, 11) is 0. The SMILES string of the molecule is CCc1c(O)cc(-c2cccs2)n(-c2ccccc2)c1=O. The van der Waals surface area contributed by atoms with Crippen LogP contribution < -0.4 is 5.56 Å². The standard InChI is InChI=1S/C17H15NO2S/c1-2-13-15(19)11-14(16-9-6-10-21-16)18(17(13)20)12-7-4-3-5-8-12/h3-11,19H,2H2,1H3. The summed E-state index contributed by atoms with van der Waals surface area (Å²) in [4.78, 5) is 13.7. The fourth-order valence-corrected chi connectivity index (χ4v) is 3.14. The van der Waals surface area contributed by atoms with Gasteiger partial charge in [0, 0.05) is 11.8 Å². The lowest BCUT2D eigenvalue weighted by molar-refractivity contribution is 0.466. The Morgan fingerprint density at radius 3 is 2.52 bits per heavy atom. The Kier molecular flexibility index (Phi) is 3.62. The lowest BCUT2D eigenvalue weighted by Crippen LogP contribution is -2.23. The van der Waals surface area contributed by atoms with Crippen LogP contribution >= 0.6 is 11.3 Å². The van der Waals surface area contributed by atoms with Crippen LogP contribution in [0.1, 0.15) is 12.5 Å². The minimum absolute atomic E-state index is 0.0677. The van der Waals surface area contributed by atoms with Crippen LogP contribution in [-0.2, 0) is 6.42 Å². The van der Waals surface area contributed by atoms with Gasteiger partial charge in [-0.2, -0.15) is 0 Å². The molecule has 0 saturated heterocycles. The van der Waals surface area contributed by atoms with Crippen molar-refractivity contribution in [3.63, 3.8) is 0 Å². The van der Waals surface area contributed by atoms with Gasteiger partial charge in [-0.1, -0.05) is 31.2 Å². The van der Waals surface area contributed by atoms with Crippen molar-refractivity contribution in [2.24, 2.45) is 0 Å². The van der Waals surface area contributed by atoms with E-state index in [1.807, 2.05) is 54.8 Å². The third-order valence-corrected chi connectivity index (χ3v) is 4.32. The van der Waals surface area contributed by atoms with Crippen LogP contribution in [0.15, 0.2) is 58.7 Å². The molecule has 0 amide bonds. The lowest BCUT2D eigenvalue weighted by atomic mass is 10.1. The van der Waals surface area contributed by atoms with Crippen LogP contribution in [0, 0.1) is 0 Å². The molecule has 0 fully saturated rings. The molecule has 0 aliphatic heterocycles. The molecular formula is C17H15NO2S. The minimum Gasteiger partial charge on any atom is -0.507 e. The van der Waals surface area contributed by atoms with E-state index in [-0.39, 0.29) is 11.3 Å². The number of benzene rings is 1. The fourth-order valence-electron chi connectivity index (χ4n) is 2.41. The van der Waals surface area contributed by atoms with Gasteiger partial charge in [-0.15, -0.1) is 11.3 Å². The maximum Gasteiger partial charge on any atom is 0.262 e. The van der Waals surface area contributed by atoms with Gasteiger partial charge in [-0.3, -0.25) is 9.36 Å². The molecule has 0 aliphatic carbocycles. The van der Waals surface area contributed by atoms with Crippen LogP contribution in [0.3, 0.4) is 0 Å². The molecule has 0 spiro atoms. The number of aromatic nitrogens is 1. The summed E-state index contributed by atoms with van der Waals surface area (Å²) in [5, 5.41) is 12.1. The second-order valence-corrected chi connectivity index (χ2v) is 5.65. The van der Waals surface area contributed by atoms with Gasteiger partial charge in [-0.05, 0) is 30.0 Å². The van der Waals surface area contributed by atoms with Gasteiger partial charge in [0.2, 0.25) is 0 Å². The zero-order valence-corrected chi connectivity index (χ0v) is 12.4. The van der Waals surface area contributed by atoms with Crippen LogP contribution in [0.5, 0.6) is 5.75 Å². The summed E-state index contributed by atoms with van der Waals surface area (Å²) >= 11 is 1.54. The van der Waals surface area contributed by atoms with Gasteiger partial charge in [0.05, 0.1) is 16.1 Å². The molecule has 21 heavy (non-hydrogen) atoms. The van der Waals surface area contributed by atoms with E-state index >= 15 is 0 Å². The first-order chi connectivity index (χ1) is 10.2. The van der Waals surface area contributed by atoms with Gasteiger partial charge < -0.3 is 5.11 Å². The highest BCUT2D eigenvalue weighted by atomic mass is 32.1. The number of hydrogen-bond acceptors (Lipinski definition) is 3. The molecule has 106 valence electrons. The highest BCUT2D eigenvalue weighted by Crippen LogP contribution is 2.29. The largest absolute Gasteiger partial charge is 0.507 e. The van der Waals surface area contributed by atoms with Crippen LogP contribution in [0.25, 0.3) is 16.3 Å². The summed E-state index contributed by atoms with van der Waals surface area (Å²) in [6.07, 6.45) is 0.502. The van der Waals surface area contributed by atoms with E-state index in [1.165, 1.54) is 0 Å². The molecule has 0 radical (unpaired) electrons. The predicted molar refractivity (Wildman–Crippen MR) is 86.4 cm³/mol. The number of pyridine rings is 1. The molecule has 4 heteroatoms. The molecule has 3 aromatic rings. The zero-order chi connectivity index (χ0) is 14.8. The second-order valence-electron chi connectivity index (χ2n) is 4.70. The third kappa shape index (κ3) is 2.38. The number of rotatable bonds is 3. The average molecular weight is 297 g/mol. The Hall–Kier alpha value is -2.33. The predicted octanol–water partition coefficient (Wildman–Crippen LogP) is 3.83. The summed E-state index contributed by atoms with van der Waals surface area (Å²) in [6, 6.07) is 15.1. The van der Waals surface area contributed by atoms with E-state index < -0.39 is 0 Å². The Morgan fingerprint density at radius 2 is 1.90 bits per heavy atom. The molecule has 1 N–H and O–H groups in total. The molecule has 1 aromatic carbocycles. The number of nitrogens with zero attached hydrogens (tertiary/aromatic N) is 1. The first-order valence-electron chi connectivity index (χ1n) is 6.79. The number of aromatic hydroxyl groups is 1. The van der Waals surface area contributed by atoms with Crippen LogP contribution in [0.2, 0.25) is 0 Å². The quantitative estimate of drug-likeness (QED) is 0.798. The molecule has 3 rings (SSSR count). The van der Waals surface area contributed by atoms with Crippen molar-refractivity contribution in [2.45, 2.75) is 13.3 Å².